The molecule has 0 saturated carbocycles. The zero-order chi connectivity index (χ0) is 24.9. The minimum absolute atomic E-state index is 0.00398. The summed E-state index contributed by atoms with van der Waals surface area (Å²) in [5.41, 5.74) is 0.626. The number of hydrogen-bond acceptors (Lipinski definition) is 10. The summed E-state index contributed by atoms with van der Waals surface area (Å²) in [6, 6.07) is 0. The number of thiazole rings is 2. The highest BCUT2D eigenvalue weighted by Gasteiger charge is 2.21. The highest BCUT2D eigenvalue weighted by Crippen LogP contribution is 2.22. The van der Waals surface area contributed by atoms with Gasteiger partial charge in [-0.1, -0.05) is 25.2 Å². The molecule has 0 N–H and O–H groups in total. The molecular formula is C18H27N3O6S5. The molecule has 0 bridgehead atoms. The SMILES string of the molecule is CCC(=N[S@](=O)C(C)(C)C)c1cnc(S(C)(=O)=O)s1.CCC(=O)c1cnc(S(C)(=O)=O)s1. The fourth-order valence-corrected chi connectivity index (χ4v) is 6.18. The van der Waals surface area contributed by atoms with Crippen molar-refractivity contribution in [2.75, 3.05) is 12.5 Å². The molecular weight excluding hydrogens is 515 g/mol. The molecule has 1 atom stereocenters. The molecule has 2 aromatic rings. The van der Waals surface area contributed by atoms with E-state index in [-0.39, 0.29) is 14.5 Å². The first-order valence-electron chi connectivity index (χ1n) is 9.35. The fraction of sp³-hybridized carbons (Fsp3) is 0.556. The third kappa shape index (κ3) is 8.54. The lowest BCUT2D eigenvalue weighted by atomic mass is 10.3. The molecule has 0 amide bonds. The highest BCUT2D eigenvalue weighted by molar-refractivity contribution is 7.93. The van der Waals surface area contributed by atoms with Gasteiger partial charge in [-0.05, 0) is 27.2 Å². The lowest BCUT2D eigenvalue weighted by Gasteiger charge is -2.14. The summed E-state index contributed by atoms with van der Waals surface area (Å²) >= 11 is 1.98. The van der Waals surface area contributed by atoms with Crippen molar-refractivity contribution in [2.24, 2.45) is 4.40 Å². The van der Waals surface area contributed by atoms with E-state index in [2.05, 4.69) is 14.4 Å². The van der Waals surface area contributed by atoms with E-state index in [1.165, 1.54) is 12.4 Å². The first-order chi connectivity index (χ1) is 14.5. The van der Waals surface area contributed by atoms with Crippen molar-refractivity contribution in [3.05, 3.63) is 22.1 Å². The maximum atomic E-state index is 12.0. The Morgan fingerprint density at radius 3 is 1.72 bits per heavy atom. The van der Waals surface area contributed by atoms with Gasteiger partial charge in [0.2, 0.25) is 28.4 Å². The number of hydrogen-bond donors (Lipinski definition) is 0. The molecule has 9 nitrogen and oxygen atoms in total. The van der Waals surface area contributed by atoms with E-state index in [9.17, 15) is 25.8 Å². The number of Topliss-reactive ketones (excluding diaryl/α,β-unsaturated/α-hetero) is 1. The molecule has 0 spiro atoms. The summed E-state index contributed by atoms with van der Waals surface area (Å²) in [5.74, 6) is -0.0765. The van der Waals surface area contributed by atoms with Gasteiger partial charge in [0.15, 0.2) is 5.78 Å². The number of aromatic nitrogens is 2. The molecule has 2 rings (SSSR count). The minimum atomic E-state index is -3.30. The van der Waals surface area contributed by atoms with Crippen LogP contribution in [0.4, 0.5) is 0 Å². The third-order valence-corrected chi connectivity index (χ3v) is 10.4. The third-order valence-electron chi connectivity index (χ3n) is 3.54. The summed E-state index contributed by atoms with van der Waals surface area (Å²) in [7, 11) is -7.93. The van der Waals surface area contributed by atoms with Gasteiger partial charge >= 0.3 is 0 Å². The summed E-state index contributed by atoms with van der Waals surface area (Å²) in [6.07, 6.45) is 5.92. The molecule has 0 aromatic carbocycles. The van der Waals surface area contributed by atoms with Crippen LogP contribution in [0.5, 0.6) is 0 Å². The Morgan fingerprint density at radius 1 is 0.938 bits per heavy atom. The number of nitrogens with zero attached hydrogens (tertiary/aromatic N) is 3. The molecule has 2 aromatic heterocycles. The van der Waals surface area contributed by atoms with Crippen LogP contribution in [-0.4, -0.2) is 59.8 Å². The second kappa shape index (κ2) is 11.2. The maximum absolute atomic E-state index is 12.0. The van der Waals surface area contributed by atoms with Crippen LogP contribution in [0.25, 0.3) is 0 Å². The summed E-state index contributed by atoms with van der Waals surface area (Å²) in [6.45, 7) is 9.14. The number of rotatable bonds is 7. The van der Waals surface area contributed by atoms with Gasteiger partial charge in [0.25, 0.3) is 0 Å². The van der Waals surface area contributed by atoms with Crippen molar-refractivity contribution < 1.29 is 25.8 Å². The van der Waals surface area contributed by atoms with Crippen molar-refractivity contribution >= 4 is 64.8 Å². The predicted octanol–water partition coefficient (Wildman–Crippen LogP) is 3.35. The Kier molecular flexibility index (Phi) is 10.0. The molecule has 2 heterocycles. The number of ketones is 1. The standard InChI is InChI=1S/C11H18N2O3S3.C7H9NO3S2/c1-6-8(13-18(14)11(2,3)4)9-7-12-10(17-9)19(5,15)16;1-3-5(9)6-4-8-7(12-6)13(2,10)11/h7H,6H2,1-5H3;4H,3H2,1-2H3/t18-;/m1./s1. The van der Waals surface area contributed by atoms with Crippen LogP contribution in [0.15, 0.2) is 25.5 Å². The molecule has 0 aliphatic carbocycles. The minimum Gasteiger partial charge on any atom is -0.293 e. The molecule has 0 aliphatic rings. The summed E-state index contributed by atoms with van der Waals surface area (Å²) < 4.78 is 60.6. The largest absolute Gasteiger partial charge is 0.293 e. The first kappa shape index (κ1) is 28.7. The Bertz CT molecular complexity index is 1220. The van der Waals surface area contributed by atoms with Crippen molar-refractivity contribution in [1.29, 1.82) is 0 Å². The van der Waals surface area contributed by atoms with Crippen molar-refractivity contribution in [3.8, 4) is 0 Å². The monoisotopic (exact) mass is 541 g/mol. The second-order valence-electron chi connectivity index (χ2n) is 7.55. The van der Waals surface area contributed by atoms with Gasteiger partial charge < -0.3 is 0 Å². The Labute approximate surface area is 199 Å². The van der Waals surface area contributed by atoms with Crippen LogP contribution in [0.2, 0.25) is 0 Å². The predicted molar refractivity (Wildman–Crippen MR) is 130 cm³/mol. The number of carbonyl (C=O) groups excluding carboxylic acids is 1. The van der Waals surface area contributed by atoms with E-state index in [1.807, 2.05) is 27.7 Å². The fourth-order valence-electron chi connectivity index (χ4n) is 1.82. The maximum Gasteiger partial charge on any atom is 0.209 e. The van der Waals surface area contributed by atoms with Crippen LogP contribution < -0.4 is 0 Å². The zero-order valence-corrected chi connectivity index (χ0v) is 23.0. The lowest BCUT2D eigenvalue weighted by Crippen LogP contribution is -2.20. The van der Waals surface area contributed by atoms with Crippen LogP contribution in [0.1, 0.15) is 62.0 Å². The van der Waals surface area contributed by atoms with E-state index in [0.717, 1.165) is 35.2 Å². The molecule has 0 saturated heterocycles. The van der Waals surface area contributed by atoms with Gasteiger partial charge in [0.05, 0.1) is 26.4 Å². The van der Waals surface area contributed by atoms with Gasteiger partial charge in [0.1, 0.15) is 11.0 Å². The van der Waals surface area contributed by atoms with E-state index in [1.54, 1.807) is 6.92 Å². The van der Waals surface area contributed by atoms with E-state index >= 15 is 0 Å². The van der Waals surface area contributed by atoms with Gasteiger partial charge in [-0.15, -0.1) is 11.3 Å². The van der Waals surface area contributed by atoms with E-state index in [4.69, 9.17) is 0 Å². The van der Waals surface area contributed by atoms with Crippen LogP contribution >= 0.6 is 22.7 Å². The van der Waals surface area contributed by atoms with Crippen LogP contribution in [0, 0.1) is 0 Å². The van der Waals surface area contributed by atoms with Crippen LogP contribution in [-0.2, 0) is 30.7 Å². The van der Waals surface area contributed by atoms with Gasteiger partial charge in [-0.2, -0.15) is 4.40 Å². The molecule has 0 unspecified atom stereocenters. The zero-order valence-electron chi connectivity index (χ0n) is 18.9. The Hall–Kier alpha value is -1.35. The average Bonchev–Trinajstić information content (AvgIpc) is 3.34. The molecule has 0 fully saturated rings. The normalized spacial score (nSPS) is 13.9. The molecule has 0 radical (unpaired) electrons. The van der Waals surface area contributed by atoms with Gasteiger partial charge in [-0.3, -0.25) is 4.79 Å². The molecule has 14 heteroatoms. The quantitative estimate of drug-likeness (QED) is 0.384. The van der Waals surface area contributed by atoms with Crippen LogP contribution in [0.3, 0.4) is 0 Å². The Morgan fingerprint density at radius 2 is 1.38 bits per heavy atom. The molecule has 180 valence electrons. The lowest BCUT2D eigenvalue weighted by molar-refractivity contribution is 0.0992. The van der Waals surface area contributed by atoms with E-state index < -0.39 is 35.4 Å². The van der Waals surface area contributed by atoms with Crippen molar-refractivity contribution in [2.45, 2.75) is 60.9 Å². The first-order valence-corrected chi connectivity index (χ1v) is 15.9. The number of carbonyl (C=O) groups is 1. The smallest absolute Gasteiger partial charge is 0.209 e. The number of sulfone groups is 2. The van der Waals surface area contributed by atoms with E-state index in [0.29, 0.717) is 28.3 Å². The van der Waals surface area contributed by atoms with Gasteiger partial charge in [-0.25, -0.2) is 31.0 Å². The topological polar surface area (TPSA) is 141 Å². The molecule has 0 aliphatic heterocycles. The molecule has 32 heavy (non-hydrogen) atoms. The summed E-state index contributed by atoms with van der Waals surface area (Å²) in [5, 5.41) is 0. The van der Waals surface area contributed by atoms with Crippen molar-refractivity contribution in [3.63, 3.8) is 0 Å². The second-order valence-corrected chi connectivity index (χ2v) is 15.9. The highest BCUT2D eigenvalue weighted by atomic mass is 32.2. The average molecular weight is 542 g/mol. The Balaban J connectivity index is 0.000000343. The summed E-state index contributed by atoms with van der Waals surface area (Å²) in [4.78, 5) is 19.7. The van der Waals surface area contributed by atoms with Gasteiger partial charge in [0, 0.05) is 25.1 Å². The van der Waals surface area contributed by atoms with Crippen molar-refractivity contribution in [1.82, 2.24) is 9.97 Å².